The van der Waals surface area contributed by atoms with Gasteiger partial charge in [0.1, 0.15) is 0 Å². The highest BCUT2D eigenvalue weighted by Gasteiger charge is 2.36. The Bertz CT molecular complexity index is 415. The molecular formula is C15H25N3S. The van der Waals surface area contributed by atoms with E-state index in [-0.39, 0.29) is 0 Å². The van der Waals surface area contributed by atoms with Crippen LogP contribution >= 0.6 is 11.3 Å². The lowest BCUT2D eigenvalue weighted by Gasteiger charge is -2.37. The molecule has 1 aliphatic carbocycles. The molecule has 1 saturated carbocycles. The molecule has 2 heterocycles. The van der Waals surface area contributed by atoms with Crippen molar-refractivity contribution in [3.05, 3.63) is 11.1 Å². The van der Waals surface area contributed by atoms with Gasteiger partial charge >= 0.3 is 0 Å². The fourth-order valence-electron chi connectivity index (χ4n) is 3.51. The van der Waals surface area contributed by atoms with Gasteiger partial charge in [-0.1, -0.05) is 20.3 Å². The molecule has 0 spiro atoms. The van der Waals surface area contributed by atoms with Crippen molar-refractivity contribution in [2.75, 3.05) is 11.4 Å². The number of nitrogens with one attached hydrogen (secondary N) is 1. The van der Waals surface area contributed by atoms with Crippen molar-refractivity contribution < 1.29 is 0 Å². The Kier molecular flexibility index (Phi) is 4.08. The van der Waals surface area contributed by atoms with Crippen LogP contribution in [0.3, 0.4) is 0 Å². The number of hydrogen-bond donors (Lipinski definition) is 1. The molecule has 0 radical (unpaired) electrons. The average molecular weight is 279 g/mol. The monoisotopic (exact) mass is 279 g/mol. The average Bonchev–Trinajstić information content (AvgIpc) is 3.04. The van der Waals surface area contributed by atoms with Gasteiger partial charge in [0.15, 0.2) is 5.13 Å². The van der Waals surface area contributed by atoms with Crippen LogP contribution < -0.4 is 10.2 Å². The van der Waals surface area contributed by atoms with Gasteiger partial charge in [-0.3, -0.25) is 0 Å². The van der Waals surface area contributed by atoms with Gasteiger partial charge in [0.2, 0.25) is 0 Å². The van der Waals surface area contributed by atoms with Crippen molar-refractivity contribution in [3.63, 3.8) is 0 Å². The zero-order valence-corrected chi connectivity index (χ0v) is 12.9. The first-order valence-corrected chi connectivity index (χ1v) is 8.56. The predicted octanol–water partition coefficient (Wildman–Crippen LogP) is 3.41. The maximum atomic E-state index is 4.85. The smallest absolute Gasteiger partial charge is 0.185 e. The second-order valence-corrected chi connectivity index (χ2v) is 7.09. The fourth-order valence-corrected chi connectivity index (χ4v) is 4.42. The maximum absolute atomic E-state index is 4.85. The Labute approximate surface area is 120 Å². The van der Waals surface area contributed by atoms with Gasteiger partial charge in [0.25, 0.3) is 0 Å². The number of rotatable bonds is 4. The van der Waals surface area contributed by atoms with Crippen LogP contribution in [0.5, 0.6) is 0 Å². The maximum Gasteiger partial charge on any atom is 0.185 e. The molecule has 3 rings (SSSR count). The van der Waals surface area contributed by atoms with Gasteiger partial charge in [0, 0.05) is 30.6 Å². The van der Waals surface area contributed by atoms with Crippen LogP contribution in [0.2, 0.25) is 0 Å². The van der Waals surface area contributed by atoms with Crippen LogP contribution in [-0.2, 0) is 6.54 Å². The quantitative estimate of drug-likeness (QED) is 0.915. The SMILES string of the molecule is CC(C)NCc1csc(N2CCCC3CCCC32)n1. The Morgan fingerprint density at radius 2 is 2.21 bits per heavy atom. The van der Waals surface area contributed by atoms with E-state index in [1.54, 1.807) is 0 Å². The van der Waals surface area contributed by atoms with Crippen molar-refractivity contribution >= 4 is 16.5 Å². The molecule has 2 unspecified atom stereocenters. The summed E-state index contributed by atoms with van der Waals surface area (Å²) in [6, 6.07) is 1.31. The van der Waals surface area contributed by atoms with Crippen LogP contribution in [0.25, 0.3) is 0 Å². The Balaban J connectivity index is 1.67. The van der Waals surface area contributed by atoms with Gasteiger partial charge in [-0.25, -0.2) is 4.98 Å². The first kappa shape index (κ1) is 13.4. The summed E-state index contributed by atoms with van der Waals surface area (Å²) in [5.74, 6) is 0.940. The number of hydrogen-bond acceptors (Lipinski definition) is 4. The third-order valence-corrected chi connectivity index (χ3v) is 5.40. The highest BCUT2D eigenvalue weighted by Crippen LogP contribution is 2.39. The molecule has 1 aromatic rings. The number of aromatic nitrogens is 1. The molecule has 2 atom stereocenters. The minimum absolute atomic E-state index is 0.527. The van der Waals surface area contributed by atoms with E-state index in [0.29, 0.717) is 6.04 Å². The van der Waals surface area contributed by atoms with Crippen molar-refractivity contribution in [2.45, 2.75) is 64.6 Å². The van der Waals surface area contributed by atoms with Crippen LogP contribution in [0, 0.1) is 5.92 Å². The van der Waals surface area contributed by atoms with E-state index >= 15 is 0 Å². The number of nitrogens with zero attached hydrogens (tertiary/aromatic N) is 2. The summed E-state index contributed by atoms with van der Waals surface area (Å²) in [5.41, 5.74) is 1.20. The molecule has 0 aromatic carbocycles. The van der Waals surface area contributed by atoms with Crippen LogP contribution in [-0.4, -0.2) is 23.6 Å². The molecule has 3 nitrogen and oxygen atoms in total. The zero-order chi connectivity index (χ0) is 13.2. The largest absolute Gasteiger partial charge is 0.345 e. The zero-order valence-electron chi connectivity index (χ0n) is 12.1. The molecule has 19 heavy (non-hydrogen) atoms. The Hall–Kier alpha value is -0.610. The molecule has 106 valence electrons. The first-order valence-electron chi connectivity index (χ1n) is 7.68. The summed E-state index contributed by atoms with van der Waals surface area (Å²) in [6.07, 6.45) is 7.02. The van der Waals surface area contributed by atoms with Gasteiger partial charge < -0.3 is 10.2 Å². The van der Waals surface area contributed by atoms with E-state index in [2.05, 4.69) is 29.4 Å². The third-order valence-electron chi connectivity index (χ3n) is 4.47. The molecule has 4 heteroatoms. The van der Waals surface area contributed by atoms with E-state index in [0.717, 1.165) is 18.5 Å². The topological polar surface area (TPSA) is 28.2 Å². The van der Waals surface area contributed by atoms with Gasteiger partial charge in [-0.05, 0) is 31.6 Å². The standard InChI is InChI=1S/C15H25N3S/c1-11(2)16-9-13-10-19-15(17-13)18-8-4-6-12-5-3-7-14(12)18/h10-12,14,16H,3-9H2,1-2H3. The van der Waals surface area contributed by atoms with Gasteiger partial charge in [0.05, 0.1) is 5.69 Å². The first-order chi connectivity index (χ1) is 9.24. The second kappa shape index (κ2) is 5.80. The molecule has 1 aliphatic heterocycles. The number of fused-ring (bicyclic) bond motifs is 1. The molecule has 2 fully saturated rings. The number of piperidine rings is 1. The molecule has 0 amide bonds. The molecule has 1 saturated heterocycles. The highest BCUT2D eigenvalue weighted by molar-refractivity contribution is 7.13. The van der Waals surface area contributed by atoms with E-state index in [1.807, 2.05) is 11.3 Å². The second-order valence-electron chi connectivity index (χ2n) is 6.25. The van der Waals surface area contributed by atoms with Crippen LogP contribution in [0.15, 0.2) is 5.38 Å². The summed E-state index contributed by atoms with van der Waals surface area (Å²) in [6.45, 7) is 6.48. The molecule has 0 bridgehead atoms. The summed E-state index contributed by atoms with van der Waals surface area (Å²) in [7, 11) is 0. The van der Waals surface area contributed by atoms with Crippen LogP contribution in [0.4, 0.5) is 5.13 Å². The van der Waals surface area contributed by atoms with Crippen LogP contribution in [0.1, 0.15) is 51.6 Å². The lowest BCUT2D eigenvalue weighted by molar-refractivity contribution is 0.362. The number of thiazole rings is 1. The fraction of sp³-hybridized carbons (Fsp3) is 0.800. The minimum Gasteiger partial charge on any atom is -0.345 e. The van der Waals surface area contributed by atoms with Crippen molar-refractivity contribution in [1.29, 1.82) is 0 Å². The highest BCUT2D eigenvalue weighted by atomic mass is 32.1. The van der Waals surface area contributed by atoms with Crippen molar-refractivity contribution in [1.82, 2.24) is 10.3 Å². The predicted molar refractivity (Wildman–Crippen MR) is 81.8 cm³/mol. The minimum atomic E-state index is 0.527. The van der Waals surface area contributed by atoms with E-state index in [9.17, 15) is 0 Å². The molecule has 2 aliphatic rings. The summed E-state index contributed by atoms with van der Waals surface area (Å²) in [5, 5.41) is 6.94. The van der Waals surface area contributed by atoms with E-state index < -0.39 is 0 Å². The van der Waals surface area contributed by atoms with E-state index in [4.69, 9.17) is 4.98 Å². The summed E-state index contributed by atoms with van der Waals surface area (Å²) >= 11 is 1.83. The summed E-state index contributed by atoms with van der Waals surface area (Å²) < 4.78 is 0. The lowest BCUT2D eigenvalue weighted by Crippen LogP contribution is -2.42. The molecule has 1 aromatic heterocycles. The van der Waals surface area contributed by atoms with Crippen molar-refractivity contribution in [3.8, 4) is 0 Å². The van der Waals surface area contributed by atoms with Gasteiger partial charge in [-0.15, -0.1) is 11.3 Å². The molecule has 1 N–H and O–H groups in total. The normalized spacial score (nSPS) is 27.0. The summed E-state index contributed by atoms with van der Waals surface area (Å²) in [4.78, 5) is 7.45. The third kappa shape index (κ3) is 2.95. The van der Waals surface area contributed by atoms with Gasteiger partial charge in [-0.2, -0.15) is 0 Å². The Morgan fingerprint density at radius 3 is 3.05 bits per heavy atom. The lowest BCUT2D eigenvalue weighted by atomic mass is 9.92. The number of anilines is 1. The van der Waals surface area contributed by atoms with Crippen molar-refractivity contribution in [2.24, 2.45) is 5.92 Å². The molecular weight excluding hydrogens is 254 g/mol. The van der Waals surface area contributed by atoms with E-state index in [1.165, 1.54) is 49.5 Å². The Morgan fingerprint density at radius 1 is 1.37 bits per heavy atom.